The third kappa shape index (κ3) is 5.38. The molecule has 2 N–H and O–H groups in total. The molecule has 2 aliphatic rings. The lowest BCUT2D eigenvalue weighted by Crippen LogP contribution is -2.39. The highest BCUT2D eigenvalue weighted by Crippen LogP contribution is 2.30. The molecule has 1 aromatic carbocycles. The van der Waals surface area contributed by atoms with Gasteiger partial charge in [-0.3, -0.25) is 9.59 Å². The molecule has 0 unspecified atom stereocenters. The number of hydrogen-bond donors (Lipinski definition) is 2. The van der Waals surface area contributed by atoms with Crippen molar-refractivity contribution in [3.63, 3.8) is 0 Å². The predicted molar refractivity (Wildman–Crippen MR) is 98.1 cm³/mol. The van der Waals surface area contributed by atoms with Crippen molar-refractivity contribution in [2.24, 2.45) is 11.8 Å². The van der Waals surface area contributed by atoms with E-state index in [1.54, 1.807) is 7.11 Å². The second kappa shape index (κ2) is 8.92. The van der Waals surface area contributed by atoms with Crippen molar-refractivity contribution in [3.05, 3.63) is 24.3 Å². The average Bonchev–Trinajstić information content (AvgIpc) is 3.49. The van der Waals surface area contributed by atoms with E-state index in [0.717, 1.165) is 50.0 Å². The molecule has 0 aromatic heterocycles. The summed E-state index contributed by atoms with van der Waals surface area (Å²) in [6.45, 7) is 0.907. The molecule has 6 heteroatoms. The summed E-state index contributed by atoms with van der Waals surface area (Å²) in [7, 11) is 1.62. The lowest BCUT2D eigenvalue weighted by Gasteiger charge is -2.27. The van der Waals surface area contributed by atoms with Gasteiger partial charge in [0.2, 0.25) is 11.8 Å². The first kappa shape index (κ1) is 18.5. The number of ether oxygens (including phenoxy) is 2. The number of benzene rings is 1. The van der Waals surface area contributed by atoms with Crippen molar-refractivity contribution in [3.8, 4) is 11.5 Å². The predicted octanol–water partition coefficient (Wildman–Crippen LogP) is 2.28. The largest absolute Gasteiger partial charge is 0.497 e. The molecule has 0 saturated heterocycles. The minimum atomic E-state index is 0.0148. The Bertz CT molecular complexity index is 605. The monoisotopic (exact) mass is 360 g/mol. The van der Waals surface area contributed by atoms with Crippen LogP contribution in [-0.2, 0) is 9.59 Å². The third-order valence-corrected chi connectivity index (χ3v) is 5.12. The Morgan fingerprint density at radius 2 is 1.50 bits per heavy atom. The number of nitrogens with one attached hydrogen (secondary N) is 2. The van der Waals surface area contributed by atoms with Gasteiger partial charge in [-0.1, -0.05) is 0 Å². The molecule has 0 spiro atoms. The van der Waals surface area contributed by atoms with E-state index in [2.05, 4.69) is 10.6 Å². The van der Waals surface area contributed by atoms with Gasteiger partial charge < -0.3 is 20.1 Å². The Morgan fingerprint density at radius 3 is 2.08 bits per heavy atom. The average molecular weight is 360 g/mol. The third-order valence-electron chi connectivity index (χ3n) is 5.12. The number of methoxy groups -OCH3 is 1. The van der Waals surface area contributed by atoms with Crippen LogP contribution >= 0.6 is 0 Å². The number of rotatable bonds is 8. The zero-order chi connectivity index (χ0) is 18.4. The second-order valence-electron chi connectivity index (χ2n) is 7.15. The van der Waals surface area contributed by atoms with Crippen LogP contribution in [0.25, 0.3) is 0 Å². The van der Waals surface area contributed by atoms with Crippen LogP contribution in [0, 0.1) is 11.8 Å². The van der Waals surface area contributed by atoms with Gasteiger partial charge in [-0.15, -0.1) is 0 Å². The van der Waals surface area contributed by atoms with E-state index in [4.69, 9.17) is 9.47 Å². The lowest BCUT2D eigenvalue weighted by atomic mass is 9.81. The van der Waals surface area contributed by atoms with Crippen LogP contribution in [0.4, 0.5) is 0 Å². The Morgan fingerprint density at radius 1 is 0.923 bits per heavy atom. The summed E-state index contributed by atoms with van der Waals surface area (Å²) in [5.41, 5.74) is 0. The van der Waals surface area contributed by atoms with E-state index in [1.165, 1.54) is 0 Å². The standard InChI is InChI=1S/C20H28N2O4/c1-25-17-8-10-18(11-9-17)26-13-12-21-19(23)14-2-4-15(5-3-14)20(24)22-16-6-7-16/h8-11,14-16H,2-7,12-13H2,1H3,(H,21,23)(H,22,24). The lowest BCUT2D eigenvalue weighted by molar-refractivity contribution is -0.130. The molecule has 142 valence electrons. The van der Waals surface area contributed by atoms with Crippen molar-refractivity contribution in [1.29, 1.82) is 0 Å². The van der Waals surface area contributed by atoms with E-state index >= 15 is 0 Å². The topological polar surface area (TPSA) is 76.7 Å². The summed E-state index contributed by atoms with van der Waals surface area (Å²) in [4.78, 5) is 24.3. The summed E-state index contributed by atoms with van der Waals surface area (Å²) in [5, 5.41) is 6.01. The SMILES string of the molecule is COc1ccc(OCCNC(=O)C2CCC(C(=O)NC3CC3)CC2)cc1. The molecule has 6 nitrogen and oxygen atoms in total. The van der Waals surface area contributed by atoms with Gasteiger partial charge in [-0.05, 0) is 62.8 Å². The van der Waals surface area contributed by atoms with E-state index in [1.807, 2.05) is 24.3 Å². The van der Waals surface area contributed by atoms with Crippen molar-refractivity contribution >= 4 is 11.8 Å². The van der Waals surface area contributed by atoms with Crippen molar-refractivity contribution in [1.82, 2.24) is 10.6 Å². The number of carbonyl (C=O) groups is 2. The summed E-state index contributed by atoms with van der Waals surface area (Å²) in [6.07, 6.45) is 5.41. The van der Waals surface area contributed by atoms with Gasteiger partial charge in [0, 0.05) is 17.9 Å². The molecule has 0 heterocycles. The highest BCUT2D eigenvalue weighted by Gasteiger charge is 2.32. The zero-order valence-corrected chi connectivity index (χ0v) is 15.3. The van der Waals surface area contributed by atoms with Gasteiger partial charge in [-0.2, -0.15) is 0 Å². The molecule has 2 amide bonds. The summed E-state index contributed by atoms with van der Waals surface area (Å²) >= 11 is 0. The van der Waals surface area contributed by atoms with Gasteiger partial charge in [-0.25, -0.2) is 0 Å². The first-order chi connectivity index (χ1) is 12.7. The van der Waals surface area contributed by atoms with Gasteiger partial charge in [0.25, 0.3) is 0 Å². The van der Waals surface area contributed by atoms with Crippen LogP contribution in [0.15, 0.2) is 24.3 Å². The smallest absolute Gasteiger partial charge is 0.223 e. The Labute approximate surface area is 154 Å². The molecule has 0 bridgehead atoms. The molecule has 2 fully saturated rings. The number of hydrogen-bond acceptors (Lipinski definition) is 4. The Kier molecular flexibility index (Phi) is 6.36. The molecule has 0 atom stereocenters. The molecule has 26 heavy (non-hydrogen) atoms. The van der Waals surface area contributed by atoms with Gasteiger partial charge in [0.05, 0.1) is 13.7 Å². The Balaban J connectivity index is 1.30. The van der Waals surface area contributed by atoms with E-state index in [-0.39, 0.29) is 23.7 Å². The molecule has 3 rings (SSSR count). The van der Waals surface area contributed by atoms with Gasteiger partial charge in [0.1, 0.15) is 18.1 Å². The fourth-order valence-corrected chi connectivity index (χ4v) is 3.32. The van der Waals surface area contributed by atoms with Crippen LogP contribution in [0.2, 0.25) is 0 Å². The first-order valence-corrected chi connectivity index (χ1v) is 9.50. The fraction of sp³-hybridized carbons (Fsp3) is 0.600. The van der Waals surface area contributed by atoms with Crippen molar-refractivity contribution in [2.45, 2.75) is 44.6 Å². The van der Waals surface area contributed by atoms with E-state index < -0.39 is 0 Å². The number of carbonyl (C=O) groups excluding carboxylic acids is 2. The summed E-state index contributed by atoms with van der Waals surface area (Å²) in [6, 6.07) is 7.77. The van der Waals surface area contributed by atoms with Crippen LogP contribution in [0.1, 0.15) is 38.5 Å². The molecule has 0 aliphatic heterocycles. The molecule has 1 aromatic rings. The second-order valence-corrected chi connectivity index (χ2v) is 7.15. The van der Waals surface area contributed by atoms with Crippen LogP contribution in [0.5, 0.6) is 11.5 Å². The van der Waals surface area contributed by atoms with Gasteiger partial charge in [0.15, 0.2) is 0 Å². The first-order valence-electron chi connectivity index (χ1n) is 9.50. The highest BCUT2D eigenvalue weighted by atomic mass is 16.5. The summed E-state index contributed by atoms with van der Waals surface area (Å²) in [5.74, 6) is 1.89. The minimum Gasteiger partial charge on any atom is -0.497 e. The molecular formula is C20H28N2O4. The normalized spacial score (nSPS) is 22.3. The van der Waals surface area contributed by atoms with E-state index in [0.29, 0.717) is 19.2 Å². The molecule has 0 radical (unpaired) electrons. The maximum absolute atomic E-state index is 12.3. The van der Waals surface area contributed by atoms with Crippen LogP contribution in [-0.4, -0.2) is 38.1 Å². The fourth-order valence-electron chi connectivity index (χ4n) is 3.32. The highest BCUT2D eigenvalue weighted by molar-refractivity contribution is 5.81. The summed E-state index contributed by atoms with van der Waals surface area (Å²) < 4.78 is 10.7. The molecular weight excluding hydrogens is 332 g/mol. The van der Waals surface area contributed by atoms with Crippen LogP contribution < -0.4 is 20.1 Å². The zero-order valence-electron chi connectivity index (χ0n) is 15.3. The Hall–Kier alpha value is -2.24. The minimum absolute atomic E-state index is 0.0148. The van der Waals surface area contributed by atoms with Gasteiger partial charge >= 0.3 is 0 Å². The maximum Gasteiger partial charge on any atom is 0.223 e. The maximum atomic E-state index is 12.3. The van der Waals surface area contributed by atoms with Crippen molar-refractivity contribution < 1.29 is 19.1 Å². The molecule has 2 saturated carbocycles. The quantitative estimate of drug-likeness (QED) is 0.697. The molecule has 2 aliphatic carbocycles. The van der Waals surface area contributed by atoms with Crippen LogP contribution in [0.3, 0.4) is 0 Å². The number of amides is 2. The van der Waals surface area contributed by atoms with E-state index in [9.17, 15) is 9.59 Å². The van der Waals surface area contributed by atoms with Crippen molar-refractivity contribution in [2.75, 3.05) is 20.3 Å².